The number of alkyl halides is 1. The summed E-state index contributed by atoms with van der Waals surface area (Å²) in [6.07, 6.45) is 1.15. The van der Waals surface area contributed by atoms with E-state index in [1.165, 1.54) is 11.1 Å². The summed E-state index contributed by atoms with van der Waals surface area (Å²) in [5.41, 5.74) is 3.56. The summed E-state index contributed by atoms with van der Waals surface area (Å²) in [6, 6.07) is 6.26. The molecule has 2 nitrogen and oxygen atoms in total. The van der Waals surface area contributed by atoms with Crippen LogP contribution in [0.5, 0.6) is 0 Å². The molecule has 2 aromatic rings. The van der Waals surface area contributed by atoms with Gasteiger partial charge in [0.25, 0.3) is 0 Å². The number of hydrogen-bond acceptors (Lipinski definition) is 1. The third kappa shape index (κ3) is 2.54. The Labute approximate surface area is 114 Å². The highest BCUT2D eigenvalue weighted by Crippen LogP contribution is 2.27. The summed E-state index contributed by atoms with van der Waals surface area (Å²) in [7, 11) is 0. The van der Waals surface area contributed by atoms with E-state index in [2.05, 4.69) is 48.5 Å². The molecule has 0 amide bonds. The van der Waals surface area contributed by atoms with Gasteiger partial charge in [0.2, 0.25) is 0 Å². The van der Waals surface area contributed by atoms with Crippen LogP contribution in [0.15, 0.2) is 18.2 Å². The number of benzene rings is 1. The zero-order valence-corrected chi connectivity index (χ0v) is 12.3. The summed E-state index contributed by atoms with van der Waals surface area (Å²) >= 11 is 6.26. The molecule has 0 N–H and O–H groups in total. The predicted octanol–water partition coefficient (Wildman–Crippen LogP) is 4.69. The molecule has 0 fully saturated rings. The first-order chi connectivity index (χ1) is 8.50. The molecule has 3 heteroatoms. The maximum Gasteiger partial charge on any atom is 0.127 e. The molecular weight excluding hydrogens is 244 g/mol. The van der Waals surface area contributed by atoms with E-state index in [-0.39, 0.29) is 5.38 Å². The first-order valence-electron chi connectivity index (χ1n) is 6.60. The Morgan fingerprint density at radius 2 is 2.00 bits per heavy atom. The van der Waals surface area contributed by atoms with Crippen LogP contribution in [-0.4, -0.2) is 9.55 Å². The highest BCUT2D eigenvalue weighted by atomic mass is 35.5. The second-order valence-corrected chi connectivity index (χ2v) is 6.02. The molecule has 0 aliphatic heterocycles. The predicted molar refractivity (Wildman–Crippen MR) is 78.2 cm³/mol. The largest absolute Gasteiger partial charge is 0.327 e. The van der Waals surface area contributed by atoms with Gasteiger partial charge in [-0.3, -0.25) is 0 Å². The van der Waals surface area contributed by atoms with Crippen LogP contribution >= 0.6 is 11.6 Å². The van der Waals surface area contributed by atoms with Crippen LogP contribution < -0.4 is 0 Å². The van der Waals surface area contributed by atoms with Crippen molar-refractivity contribution < 1.29 is 0 Å². The minimum Gasteiger partial charge on any atom is -0.327 e. The van der Waals surface area contributed by atoms with Crippen molar-refractivity contribution in [2.75, 3.05) is 0 Å². The van der Waals surface area contributed by atoms with Crippen molar-refractivity contribution in [3.8, 4) is 0 Å². The Kier molecular flexibility index (Phi) is 3.96. The van der Waals surface area contributed by atoms with Crippen LogP contribution in [0.2, 0.25) is 0 Å². The molecule has 0 aliphatic carbocycles. The Hall–Kier alpha value is -1.02. The van der Waals surface area contributed by atoms with E-state index in [4.69, 9.17) is 11.6 Å². The number of aromatic nitrogens is 2. The molecular formula is C15H21ClN2. The molecule has 18 heavy (non-hydrogen) atoms. The lowest BCUT2D eigenvalue weighted by atomic mass is 10.1. The molecule has 1 aromatic carbocycles. The van der Waals surface area contributed by atoms with E-state index >= 15 is 0 Å². The normalized spacial score (nSPS) is 13.4. The van der Waals surface area contributed by atoms with Crippen LogP contribution in [0.4, 0.5) is 0 Å². The van der Waals surface area contributed by atoms with Gasteiger partial charge >= 0.3 is 0 Å². The fourth-order valence-corrected chi connectivity index (χ4v) is 2.47. The lowest BCUT2D eigenvalue weighted by Gasteiger charge is -2.13. The molecule has 0 bridgehead atoms. The summed E-state index contributed by atoms with van der Waals surface area (Å²) in [4.78, 5) is 4.68. The van der Waals surface area contributed by atoms with E-state index in [0.29, 0.717) is 5.92 Å². The number of imidazole rings is 1. The number of para-hydroxylation sites is 1. The highest BCUT2D eigenvalue weighted by molar-refractivity contribution is 6.20. The molecule has 1 aromatic heterocycles. The lowest BCUT2D eigenvalue weighted by Crippen LogP contribution is -2.07. The van der Waals surface area contributed by atoms with E-state index in [1.807, 2.05) is 6.92 Å². The van der Waals surface area contributed by atoms with Gasteiger partial charge < -0.3 is 4.57 Å². The van der Waals surface area contributed by atoms with E-state index in [0.717, 1.165) is 24.3 Å². The lowest BCUT2D eigenvalue weighted by molar-refractivity contribution is 0.512. The zero-order chi connectivity index (χ0) is 13.3. The number of halogens is 1. The van der Waals surface area contributed by atoms with Crippen molar-refractivity contribution in [1.82, 2.24) is 9.55 Å². The standard InChI is InChI=1S/C15H21ClN2/c1-10(2)8-9-18-14-11(3)6-5-7-13(14)17-15(18)12(4)16/h5-7,10,12H,8-9H2,1-4H3. The maximum absolute atomic E-state index is 6.26. The van der Waals surface area contributed by atoms with Crippen LogP contribution in [-0.2, 0) is 6.54 Å². The molecule has 1 heterocycles. The van der Waals surface area contributed by atoms with Crippen molar-refractivity contribution in [2.24, 2.45) is 5.92 Å². The average molecular weight is 265 g/mol. The Bertz CT molecular complexity index is 541. The second-order valence-electron chi connectivity index (χ2n) is 5.36. The summed E-state index contributed by atoms with van der Waals surface area (Å²) in [5.74, 6) is 1.67. The first kappa shape index (κ1) is 13.4. The van der Waals surface area contributed by atoms with Gasteiger partial charge in [-0.25, -0.2) is 4.98 Å². The Morgan fingerprint density at radius 3 is 2.61 bits per heavy atom. The van der Waals surface area contributed by atoms with Crippen LogP contribution in [0.3, 0.4) is 0 Å². The third-order valence-corrected chi connectivity index (χ3v) is 3.48. The average Bonchev–Trinajstić information content (AvgIpc) is 2.66. The molecule has 0 spiro atoms. The quantitative estimate of drug-likeness (QED) is 0.733. The fourth-order valence-electron chi connectivity index (χ4n) is 2.30. The maximum atomic E-state index is 6.26. The highest BCUT2D eigenvalue weighted by Gasteiger charge is 2.16. The monoisotopic (exact) mass is 264 g/mol. The Morgan fingerprint density at radius 1 is 1.28 bits per heavy atom. The number of fused-ring (bicyclic) bond motifs is 1. The van der Waals surface area contributed by atoms with Gasteiger partial charge in [-0.05, 0) is 37.8 Å². The van der Waals surface area contributed by atoms with Crippen molar-refractivity contribution in [1.29, 1.82) is 0 Å². The van der Waals surface area contributed by atoms with Crippen LogP contribution in [0, 0.1) is 12.8 Å². The number of rotatable bonds is 4. The van der Waals surface area contributed by atoms with E-state index in [1.54, 1.807) is 0 Å². The molecule has 1 unspecified atom stereocenters. The summed E-state index contributed by atoms with van der Waals surface area (Å²) in [5, 5.41) is -0.0519. The van der Waals surface area contributed by atoms with Crippen LogP contribution in [0.25, 0.3) is 11.0 Å². The van der Waals surface area contributed by atoms with Crippen molar-refractivity contribution in [3.05, 3.63) is 29.6 Å². The molecule has 0 saturated carbocycles. The number of aryl methyl sites for hydroxylation is 2. The van der Waals surface area contributed by atoms with Gasteiger partial charge in [0, 0.05) is 6.54 Å². The van der Waals surface area contributed by atoms with Crippen molar-refractivity contribution in [3.63, 3.8) is 0 Å². The number of hydrogen-bond donors (Lipinski definition) is 0. The molecule has 0 radical (unpaired) electrons. The van der Waals surface area contributed by atoms with Crippen molar-refractivity contribution in [2.45, 2.75) is 46.0 Å². The van der Waals surface area contributed by atoms with Crippen LogP contribution in [0.1, 0.15) is 44.0 Å². The Balaban J connectivity index is 2.54. The number of nitrogens with zero attached hydrogens (tertiary/aromatic N) is 2. The minimum absolute atomic E-state index is 0.0519. The zero-order valence-electron chi connectivity index (χ0n) is 11.6. The van der Waals surface area contributed by atoms with Gasteiger partial charge in [-0.1, -0.05) is 26.0 Å². The molecule has 0 aliphatic rings. The molecule has 98 valence electrons. The second kappa shape index (κ2) is 5.31. The topological polar surface area (TPSA) is 17.8 Å². The smallest absolute Gasteiger partial charge is 0.127 e. The first-order valence-corrected chi connectivity index (χ1v) is 7.04. The van der Waals surface area contributed by atoms with Gasteiger partial charge in [0.1, 0.15) is 5.82 Å². The molecule has 2 rings (SSSR count). The van der Waals surface area contributed by atoms with E-state index in [9.17, 15) is 0 Å². The fraction of sp³-hybridized carbons (Fsp3) is 0.533. The summed E-state index contributed by atoms with van der Waals surface area (Å²) < 4.78 is 2.29. The SMILES string of the molecule is Cc1cccc2nc(C(C)Cl)n(CCC(C)C)c12. The van der Waals surface area contributed by atoms with Gasteiger partial charge in [-0.15, -0.1) is 11.6 Å². The minimum atomic E-state index is -0.0519. The molecule has 0 saturated heterocycles. The van der Waals surface area contributed by atoms with Gasteiger partial charge in [0.05, 0.1) is 16.4 Å². The molecule has 1 atom stereocenters. The van der Waals surface area contributed by atoms with Gasteiger partial charge in [-0.2, -0.15) is 0 Å². The van der Waals surface area contributed by atoms with Gasteiger partial charge in [0.15, 0.2) is 0 Å². The third-order valence-electron chi connectivity index (χ3n) is 3.28. The van der Waals surface area contributed by atoms with E-state index < -0.39 is 0 Å². The van der Waals surface area contributed by atoms with Crippen molar-refractivity contribution >= 4 is 22.6 Å². The summed E-state index contributed by atoms with van der Waals surface area (Å²) in [6.45, 7) is 9.61.